The van der Waals surface area contributed by atoms with Gasteiger partial charge in [-0.1, -0.05) is 35.7 Å². The summed E-state index contributed by atoms with van der Waals surface area (Å²) in [6.45, 7) is 3.32. The van der Waals surface area contributed by atoms with E-state index in [1.54, 1.807) is 12.1 Å². The first kappa shape index (κ1) is 15.5. The maximum Gasteiger partial charge on any atom is 0.126 e. The lowest BCUT2D eigenvalue weighted by Gasteiger charge is -2.37. The van der Waals surface area contributed by atoms with Gasteiger partial charge >= 0.3 is 0 Å². The van der Waals surface area contributed by atoms with E-state index < -0.39 is 0 Å². The predicted molar refractivity (Wildman–Crippen MR) is 89.0 cm³/mol. The molecular formula is C18H25BrFN. The molecule has 0 amide bonds. The summed E-state index contributed by atoms with van der Waals surface area (Å²) >= 11 is 3.50. The van der Waals surface area contributed by atoms with Crippen LogP contribution in [0.5, 0.6) is 0 Å². The molecule has 0 radical (unpaired) electrons. The molecule has 3 atom stereocenters. The first-order valence-electron chi connectivity index (χ1n) is 8.35. The summed E-state index contributed by atoms with van der Waals surface area (Å²) in [5, 5.41) is 3.66. The molecule has 0 bridgehead atoms. The molecule has 0 aliphatic heterocycles. The van der Waals surface area contributed by atoms with Crippen LogP contribution in [0.25, 0.3) is 0 Å². The molecule has 2 saturated carbocycles. The third-order valence-corrected chi connectivity index (χ3v) is 5.78. The second kappa shape index (κ2) is 6.78. The number of hydrogen-bond donors (Lipinski definition) is 1. The van der Waals surface area contributed by atoms with E-state index in [1.165, 1.54) is 32.1 Å². The fourth-order valence-electron chi connectivity index (χ4n) is 3.72. The van der Waals surface area contributed by atoms with Gasteiger partial charge in [-0.25, -0.2) is 4.39 Å². The van der Waals surface area contributed by atoms with Gasteiger partial charge in [0.05, 0.1) is 0 Å². The Labute approximate surface area is 135 Å². The quantitative estimate of drug-likeness (QED) is 0.762. The molecule has 0 heterocycles. The van der Waals surface area contributed by atoms with Crippen molar-refractivity contribution in [2.45, 2.75) is 57.4 Å². The molecule has 0 aromatic heterocycles. The SMILES string of the molecule is CCC1CCC(CNC2CC2)C(c2cc(Br)ccc2F)C1. The minimum atomic E-state index is -0.0311. The van der Waals surface area contributed by atoms with Crippen molar-refractivity contribution >= 4 is 15.9 Å². The van der Waals surface area contributed by atoms with Crippen molar-refractivity contribution in [1.82, 2.24) is 5.32 Å². The van der Waals surface area contributed by atoms with Gasteiger partial charge < -0.3 is 5.32 Å². The van der Waals surface area contributed by atoms with E-state index in [9.17, 15) is 4.39 Å². The maximum absolute atomic E-state index is 14.3. The van der Waals surface area contributed by atoms with Crippen LogP contribution < -0.4 is 5.32 Å². The van der Waals surface area contributed by atoms with Crippen molar-refractivity contribution in [2.75, 3.05) is 6.54 Å². The molecule has 2 aliphatic rings. The summed E-state index contributed by atoms with van der Waals surface area (Å²) in [7, 11) is 0. The molecule has 3 heteroatoms. The minimum Gasteiger partial charge on any atom is -0.314 e. The first-order valence-corrected chi connectivity index (χ1v) is 9.15. The Hall–Kier alpha value is -0.410. The van der Waals surface area contributed by atoms with Gasteiger partial charge in [-0.05, 0) is 73.7 Å². The lowest BCUT2D eigenvalue weighted by Crippen LogP contribution is -2.33. The van der Waals surface area contributed by atoms with Gasteiger partial charge in [0, 0.05) is 10.5 Å². The minimum absolute atomic E-state index is 0.0311. The largest absolute Gasteiger partial charge is 0.314 e. The third kappa shape index (κ3) is 3.87. The zero-order valence-electron chi connectivity index (χ0n) is 12.7. The number of rotatable bonds is 5. The zero-order valence-corrected chi connectivity index (χ0v) is 14.3. The second-order valence-corrected chi connectivity index (χ2v) is 7.72. The Morgan fingerprint density at radius 1 is 1.24 bits per heavy atom. The second-order valence-electron chi connectivity index (χ2n) is 6.80. The van der Waals surface area contributed by atoms with Gasteiger partial charge in [0.2, 0.25) is 0 Å². The number of halogens is 2. The van der Waals surface area contributed by atoms with Crippen LogP contribution in [0.3, 0.4) is 0 Å². The van der Waals surface area contributed by atoms with E-state index in [0.717, 1.165) is 35.0 Å². The molecule has 1 N–H and O–H groups in total. The normalized spacial score (nSPS) is 29.6. The zero-order chi connectivity index (χ0) is 14.8. The smallest absolute Gasteiger partial charge is 0.126 e. The van der Waals surface area contributed by atoms with Crippen molar-refractivity contribution in [2.24, 2.45) is 11.8 Å². The van der Waals surface area contributed by atoms with Crippen LogP contribution in [0.2, 0.25) is 0 Å². The van der Waals surface area contributed by atoms with Crippen LogP contribution in [0, 0.1) is 17.7 Å². The monoisotopic (exact) mass is 353 g/mol. The first-order chi connectivity index (χ1) is 10.2. The average Bonchev–Trinajstić information content (AvgIpc) is 3.32. The Bertz CT molecular complexity index is 486. The molecule has 1 nitrogen and oxygen atoms in total. The summed E-state index contributed by atoms with van der Waals surface area (Å²) < 4.78 is 15.3. The maximum atomic E-state index is 14.3. The van der Waals surface area contributed by atoms with Crippen molar-refractivity contribution in [3.8, 4) is 0 Å². The average molecular weight is 354 g/mol. The summed E-state index contributed by atoms with van der Waals surface area (Å²) in [6, 6.07) is 6.15. The molecule has 2 fully saturated rings. The fraction of sp³-hybridized carbons (Fsp3) is 0.667. The Morgan fingerprint density at radius 3 is 2.76 bits per heavy atom. The summed E-state index contributed by atoms with van der Waals surface area (Å²) in [5.41, 5.74) is 0.921. The van der Waals surface area contributed by atoms with E-state index in [2.05, 4.69) is 28.2 Å². The third-order valence-electron chi connectivity index (χ3n) is 5.28. The molecular weight excluding hydrogens is 329 g/mol. The highest BCUT2D eigenvalue weighted by Gasteiger charge is 2.33. The van der Waals surface area contributed by atoms with Crippen molar-refractivity contribution < 1.29 is 4.39 Å². The predicted octanol–water partition coefficient (Wildman–Crippen LogP) is 5.25. The van der Waals surface area contributed by atoms with E-state index in [4.69, 9.17) is 0 Å². The van der Waals surface area contributed by atoms with Crippen LogP contribution >= 0.6 is 15.9 Å². The van der Waals surface area contributed by atoms with Crippen LogP contribution in [0.15, 0.2) is 22.7 Å². The van der Waals surface area contributed by atoms with Gasteiger partial charge in [-0.2, -0.15) is 0 Å². The summed E-state index contributed by atoms with van der Waals surface area (Å²) in [5.74, 6) is 1.67. The van der Waals surface area contributed by atoms with Crippen molar-refractivity contribution in [3.63, 3.8) is 0 Å². The molecule has 3 unspecified atom stereocenters. The molecule has 2 aliphatic carbocycles. The van der Waals surface area contributed by atoms with E-state index >= 15 is 0 Å². The van der Waals surface area contributed by atoms with Crippen LogP contribution in [0.1, 0.15) is 56.9 Å². The lowest BCUT2D eigenvalue weighted by atomic mass is 9.70. The van der Waals surface area contributed by atoms with E-state index in [0.29, 0.717) is 11.8 Å². The Morgan fingerprint density at radius 2 is 2.05 bits per heavy atom. The topological polar surface area (TPSA) is 12.0 Å². The highest BCUT2D eigenvalue weighted by atomic mass is 79.9. The molecule has 1 aromatic carbocycles. The van der Waals surface area contributed by atoms with Crippen LogP contribution in [0.4, 0.5) is 4.39 Å². The molecule has 21 heavy (non-hydrogen) atoms. The molecule has 0 saturated heterocycles. The molecule has 116 valence electrons. The van der Waals surface area contributed by atoms with Gasteiger partial charge in [0.1, 0.15) is 5.82 Å². The fourth-order valence-corrected chi connectivity index (χ4v) is 4.10. The van der Waals surface area contributed by atoms with Gasteiger partial charge in [-0.15, -0.1) is 0 Å². The van der Waals surface area contributed by atoms with Gasteiger partial charge in [-0.3, -0.25) is 0 Å². The van der Waals surface area contributed by atoms with Crippen molar-refractivity contribution in [1.29, 1.82) is 0 Å². The number of benzene rings is 1. The van der Waals surface area contributed by atoms with Crippen LogP contribution in [-0.2, 0) is 0 Å². The standard InChI is InChI=1S/C18H25BrFN/c1-2-12-3-4-13(11-21-15-6-7-15)16(9-12)17-10-14(19)5-8-18(17)20/h5,8,10,12-13,15-16,21H,2-4,6-7,9,11H2,1H3. The van der Waals surface area contributed by atoms with E-state index in [-0.39, 0.29) is 5.82 Å². The van der Waals surface area contributed by atoms with E-state index in [1.807, 2.05) is 6.07 Å². The lowest BCUT2D eigenvalue weighted by molar-refractivity contribution is 0.222. The summed E-state index contributed by atoms with van der Waals surface area (Å²) in [4.78, 5) is 0. The highest BCUT2D eigenvalue weighted by Crippen LogP contribution is 2.43. The number of nitrogens with one attached hydrogen (secondary N) is 1. The Kier molecular flexibility index (Phi) is 5.00. The Balaban J connectivity index is 1.78. The summed E-state index contributed by atoms with van der Waals surface area (Å²) in [6.07, 6.45) is 7.53. The highest BCUT2D eigenvalue weighted by molar-refractivity contribution is 9.10. The van der Waals surface area contributed by atoms with Crippen LogP contribution in [-0.4, -0.2) is 12.6 Å². The van der Waals surface area contributed by atoms with Crippen molar-refractivity contribution in [3.05, 3.63) is 34.1 Å². The molecule has 1 aromatic rings. The van der Waals surface area contributed by atoms with Gasteiger partial charge in [0.25, 0.3) is 0 Å². The molecule has 3 rings (SSSR count). The number of hydrogen-bond acceptors (Lipinski definition) is 1. The molecule has 0 spiro atoms. The van der Waals surface area contributed by atoms with Gasteiger partial charge in [0.15, 0.2) is 0 Å².